The number of nitrogens with one attached hydrogen (secondary N) is 1. The van der Waals surface area contributed by atoms with Crippen LogP contribution in [-0.4, -0.2) is 10.9 Å². The van der Waals surface area contributed by atoms with Crippen molar-refractivity contribution in [3.63, 3.8) is 0 Å². The highest BCUT2D eigenvalue weighted by Gasteiger charge is 2.17. The molecule has 1 heterocycles. The van der Waals surface area contributed by atoms with E-state index in [9.17, 15) is 4.79 Å². The van der Waals surface area contributed by atoms with E-state index < -0.39 is 0 Å². The molecule has 30 heavy (non-hydrogen) atoms. The maximum atomic E-state index is 13.5. The van der Waals surface area contributed by atoms with Crippen molar-refractivity contribution in [1.82, 2.24) is 4.98 Å². The largest absolute Gasteiger partial charge is 0.321 e. The van der Waals surface area contributed by atoms with Gasteiger partial charge in [0.2, 0.25) is 0 Å². The minimum absolute atomic E-state index is 0.111. The fraction of sp³-hybridized carbons (Fsp3) is 0.185. The van der Waals surface area contributed by atoms with Crippen LogP contribution in [0.15, 0.2) is 72.8 Å². The van der Waals surface area contributed by atoms with E-state index >= 15 is 0 Å². The van der Waals surface area contributed by atoms with Crippen LogP contribution in [0.1, 0.15) is 46.8 Å². The second-order valence-corrected chi connectivity index (χ2v) is 8.04. The molecule has 0 atom stereocenters. The molecule has 0 unspecified atom stereocenters. The van der Waals surface area contributed by atoms with Crippen LogP contribution in [0.2, 0.25) is 0 Å². The normalized spacial score (nSPS) is 11.1. The predicted molar refractivity (Wildman–Crippen MR) is 125 cm³/mol. The third-order valence-electron chi connectivity index (χ3n) is 5.55. The maximum Gasteiger partial charge on any atom is 0.256 e. The number of nitrogens with zero attached hydrogens (tertiary/aromatic N) is 1. The zero-order chi connectivity index (χ0) is 21.3. The summed E-state index contributed by atoms with van der Waals surface area (Å²) in [6.07, 6.45) is 0. The first-order chi connectivity index (χ1) is 14.5. The number of carbonyl (C=O) groups is 1. The number of carbonyl (C=O) groups excluding carboxylic acids is 1. The Balaban J connectivity index is 1.85. The fourth-order valence-corrected chi connectivity index (χ4v) is 3.88. The molecule has 0 saturated carbocycles. The highest BCUT2D eigenvalue weighted by molar-refractivity contribution is 6.13. The van der Waals surface area contributed by atoms with Gasteiger partial charge in [0.05, 0.1) is 16.8 Å². The highest BCUT2D eigenvalue weighted by atomic mass is 16.1. The number of rotatable bonds is 4. The molecule has 0 aliphatic carbocycles. The van der Waals surface area contributed by atoms with Crippen LogP contribution in [0.25, 0.3) is 22.2 Å². The predicted octanol–water partition coefficient (Wildman–Crippen LogP) is 6.89. The molecule has 4 aromatic rings. The molecule has 3 aromatic carbocycles. The number of anilines is 1. The van der Waals surface area contributed by atoms with Crippen molar-refractivity contribution in [2.75, 3.05) is 5.32 Å². The van der Waals surface area contributed by atoms with Gasteiger partial charge in [-0.15, -0.1) is 0 Å². The Hall–Kier alpha value is -3.46. The molecule has 3 nitrogen and oxygen atoms in total. The van der Waals surface area contributed by atoms with E-state index in [0.717, 1.165) is 44.5 Å². The van der Waals surface area contributed by atoms with Gasteiger partial charge in [-0.2, -0.15) is 0 Å². The number of aryl methyl sites for hydroxylation is 2. The first kappa shape index (κ1) is 19.8. The van der Waals surface area contributed by atoms with Crippen LogP contribution in [0.3, 0.4) is 0 Å². The van der Waals surface area contributed by atoms with Crippen molar-refractivity contribution in [3.05, 3.63) is 95.1 Å². The van der Waals surface area contributed by atoms with Gasteiger partial charge in [0.25, 0.3) is 5.91 Å². The van der Waals surface area contributed by atoms with Crippen LogP contribution < -0.4 is 5.32 Å². The van der Waals surface area contributed by atoms with E-state index in [1.165, 1.54) is 0 Å². The van der Waals surface area contributed by atoms with E-state index in [-0.39, 0.29) is 5.91 Å². The zero-order valence-corrected chi connectivity index (χ0v) is 17.9. The van der Waals surface area contributed by atoms with Gasteiger partial charge >= 0.3 is 0 Å². The van der Waals surface area contributed by atoms with Crippen LogP contribution in [0.4, 0.5) is 5.69 Å². The molecule has 0 bridgehead atoms. The molecule has 4 rings (SSSR count). The Morgan fingerprint density at radius 3 is 2.33 bits per heavy atom. The molecule has 150 valence electrons. The molecule has 1 N–H and O–H groups in total. The molecule has 0 aliphatic rings. The van der Waals surface area contributed by atoms with Gasteiger partial charge in [-0.1, -0.05) is 74.5 Å². The second kappa shape index (κ2) is 8.11. The summed E-state index contributed by atoms with van der Waals surface area (Å²) in [5, 5.41) is 4.05. The lowest BCUT2D eigenvalue weighted by molar-refractivity contribution is 0.102. The van der Waals surface area contributed by atoms with E-state index in [1.807, 2.05) is 67.6 Å². The number of amides is 1. The number of pyridine rings is 1. The molecule has 0 aliphatic heterocycles. The van der Waals surface area contributed by atoms with E-state index in [2.05, 4.69) is 38.2 Å². The van der Waals surface area contributed by atoms with E-state index in [4.69, 9.17) is 4.98 Å². The molecule has 0 saturated heterocycles. The summed E-state index contributed by atoms with van der Waals surface area (Å²) in [6, 6.07) is 24.0. The van der Waals surface area contributed by atoms with Gasteiger partial charge < -0.3 is 5.32 Å². The van der Waals surface area contributed by atoms with Crippen molar-refractivity contribution in [1.29, 1.82) is 0 Å². The monoisotopic (exact) mass is 394 g/mol. The first-order valence-electron chi connectivity index (χ1n) is 10.3. The van der Waals surface area contributed by atoms with Gasteiger partial charge in [0, 0.05) is 16.6 Å². The van der Waals surface area contributed by atoms with Crippen LogP contribution in [-0.2, 0) is 0 Å². The van der Waals surface area contributed by atoms with Crippen LogP contribution >= 0.6 is 0 Å². The van der Waals surface area contributed by atoms with Crippen molar-refractivity contribution in [3.8, 4) is 11.3 Å². The standard InChI is InChI=1S/C27H26N2O/c1-17(2)20-14-9-11-19(4)26(20)29-27(30)23-16-25(21-12-6-5-10-18(21)3)28-24-15-8-7-13-22(23)24/h5-17H,1-4H3,(H,29,30). The molecular formula is C27H26N2O. The third kappa shape index (κ3) is 3.71. The first-order valence-corrected chi connectivity index (χ1v) is 10.3. The van der Waals surface area contributed by atoms with Gasteiger partial charge in [0.15, 0.2) is 0 Å². The van der Waals surface area contributed by atoms with Gasteiger partial charge in [-0.25, -0.2) is 4.98 Å². The summed E-state index contributed by atoms with van der Waals surface area (Å²) in [5.74, 6) is 0.205. The van der Waals surface area contributed by atoms with Gasteiger partial charge in [-0.3, -0.25) is 4.79 Å². The fourth-order valence-electron chi connectivity index (χ4n) is 3.88. The van der Waals surface area contributed by atoms with E-state index in [1.54, 1.807) is 0 Å². The molecule has 0 spiro atoms. The smallest absolute Gasteiger partial charge is 0.256 e. The Morgan fingerprint density at radius 2 is 1.57 bits per heavy atom. The van der Waals surface area contributed by atoms with Crippen LogP contribution in [0, 0.1) is 13.8 Å². The molecule has 0 fully saturated rings. The molecule has 1 aromatic heterocycles. The lowest BCUT2D eigenvalue weighted by atomic mass is 9.97. The SMILES string of the molecule is Cc1ccccc1-c1cc(C(=O)Nc2c(C)cccc2C(C)C)c2ccccc2n1. The summed E-state index contributed by atoms with van der Waals surface area (Å²) in [7, 11) is 0. The lowest BCUT2D eigenvalue weighted by Gasteiger charge is -2.17. The summed E-state index contributed by atoms with van der Waals surface area (Å²) in [6.45, 7) is 8.38. The topological polar surface area (TPSA) is 42.0 Å². The number of fused-ring (bicyclic) bond motifs is 1. The van der Waals surface area contributed by atoms with E-state index in [0.29, 0.717) is 11.5 Å². The van der Waals surface area contributed by atoms with Crippen molar-refractivity contribution < 1.29 is 4.79 Å². The Kier molecular flexibility index (Phi) is 5.37. The Bertz CT molecular complexity index is 1240. The number of hydrogen-bond donors (Lipinski definition) is 1. The summed E-state index contributed by atoms with van der Waals surface area (Å²) in [4.78, 5) is 18.3. The second-order valence-electron chi connectivity index (χ2n) is 8.04. The quantitative estimate of drug-likeness (QED) is 0.409. The van der Waals surface area contributed by atoms with Gasteiger partial charge in [-0.05, 0) is 48.6 Å². The minimum atomic E-state index is -0.111. The number of para-hydroxylation sites is 2. The Morgan fingerprint density at radius 1 is 0.867 bits per heavy atom. The summed E-state index contributed by atoms with van der Waals surface area (Å²) < 4.78 is 0. The molecule has 1 amide bonds. The lowest BCUT2D eigenvalue weighted by Crippen LogP contribution is -2.16. The van der Waals surface area contributed by atoms with Crippen LogP contribution in [0.5, 0.6) is 0 Å². The maximum absolute atomic E-state index is 13.5. The van der Waals surface area contributed by atoms with Gasteiger partial charge in [0.1, 0.15) is 0 Å². The number of benzene rings is 3. The Labute approximate surface area is 177 Å². The summed E-state index contributed by atoms with van der Waals surface area (Å²) >= 11 is 0. The summed E-state index contributed by atoms with van der Waals surface area (Å²) in [5.41, 5.74) is 7.53. The molecule has 0 radical (unpaired) electrons. The highest BCUT2D eigenvalue weighted by Crippen LogP contribution is 2.30. The molecular weight excluding hydrogens is 368 g/mol. The number of aromatic nitrogens is 1. The minimum Gasteiger partial charge on any atom is -0.321 e. The van der Waals surface area contributed by atoms with Crippen molar-refractivity contribution in [2.45, 2.75) is 33.6 Å². The van der Waals surface area contributed by atoms with Crippen molar-refractivity contribution in [2.24, 2.45) is 0 Å². The number of hydrogen-bond acceptors (Lipinski definition) is 2. The van der Waals surface area contributed by atoms with Crippen molar-refractivity contribution >= 4 is 22.5 Å². The average molecular weight is 395 g/mol. The average Bonchev–Trinajstić information content (AvgIpc) is 2.74. The molecule has 3 heteroatoms. The zero-order valence-electron chi connectivity index (χ0n) is 17.9. The third-order valence-corrected chi connectivity index (χ3v) is 5.55.